The van der Waals surface area contributed by atoms with E-state index < -0.39 is 10.1 Å². The van der Waals surface area contributed by atoms with E-state index in [-0.39, 0.29) is 35.3 Å². The molecule has 0 saturated heterocycles. The van der Waals surface area contributed by atoms with Crippen molar-refractivity contribution < 1.29 is 47.0 Å². The molecule has 0 aromatic carbocycles. The van der Waals surface area contributed by atoms with Gasteiger partial charge in [0, 0.05) is 12.2 Å². The van der Waals surface area contributed by atoms with Crippen molar-refractivity contribution in [1.29, 1.82) is 0 Å². The van der Waals surface area contributed by atoms with Crippen LogP contribution in [0.25, 0.3) is 0 Å². The average molecular weight is 387 g/mol. The van der Waals surface area contributed by atoms with E-state index in [1.54, 1.807) is 0 Å². The minimum Gasteiger partial charge on any atom is -0.748 e. The SMILES string of the molecule is CCCCCCCCCCCCCC[N+](C)(C)CCCS(=O)(=O)[O-].[Na+]. The van der Waals surface area contributed by atoms with Crippen molar-refractivity contribution in [2.45, 2.75) is 90.4 Å². The largest absolute Gasteiger partial charge is 1.00 e. The summed E-state index contributed by atoms with van der Waals surface area (Å²) >= 11 is 0. The molecule has 0 unspecified atom stereocenters. The quantitative estimate of drug-likeness (QED) is 0.165. The Balaban J connectivity index is 0. The van der Waals surface area contributed by atoms with Crippen LogP contribution in [0.1, 0.15) is 90.4 Å². The molecule has 4 nitrogen and oxygen atoms in total. The predicted molar refractivity (Wildman–Crippen MR) is 102 cm³/mol. The van der Waals surface area contributed by atoms with Crippen LogP contribution in [-0.2, 0) is 10.1 Å². The fourth-order valence-electron chi connectivity index (χ4n) is 3.16. The molecule has 0 aromatic heterocycles. The Morgan fingerprint density at radius 3 is 1.44 bits per heavy atom. The number of hydrogen-bond donors (Lipinski definition) is 0. The molecule has 0 atom stereocenters. The molecule has 0 radical (unpaired) electrons. The van der Waals surface area contributed by atoms with E-state index >= 15 is 0 Å². The monoisotopic (exact) mass is 386 g/mol. The summed E-state index contributed by atoms with van der Waals surface area (Å²) in [5, 5.41) is 0. The number of nitrogens with zero attached hydrogens (tertiary/aromatic N) is 1. The molecule has 0 spiro atoms. The molecular weight excluding hydrogens is 345 g/mol. The van der Waals surface area contributed by atoms with E-state index in [1.807, 2.05) is 0 Å². The number of quaternary nitrogens is 1. The zero-order chi connectivity index (χ0) is 18.3. The van der Waals surface area contributed by atoms with Crippen molar-refractivity contribution in [3.63, 3.8) is 0 Å². The van der Waals surface area contributed by atoms with Gasteiger partial charge in [-0.2, -0.15) is 0 Å². The third-order valence-electron chi connectivity index (χ3n) is 4.77. The second-order valence-corrected chi connectivity index (χ2v) is 9.41. The van der Waals surface area contributed by atoms with Gasteiger partial charge in [-0.25, -0.2) is 8.42 Å². The van der Waals surface area contributed by atoms with Gasteiger partial charge >= 0.3 is 29.6 Å². The Kier molecular flexibility index (Phi) is 19.1. The van der Waals surface area contributed by atoms with Crippen molar-refractivity contribution in [1.82, 2.24) is 0 Å². The molecule has 0 amide bonds. The van der Waals surface area contributed by atoms with Crippen molar-refractivity contribution >= 4 is 10.1 Å². The maximum Gasteiger partial charge on any atom is 1.00 e. The van der Waals surface area contributed by atoms with Crippen LogP contribution in [0.2, 0.25) is 0 Å². The number of rotatable bonds is 17. The molecule has 0 aliphatic carbocycles. The Hall–Kier alpha value is 0.870. The van der Waals surface area contributed by atoms with E-state index in [9.17, 15) is 13.0 Å². The molecule has 0 N–H and O–H groups in total. The Morgan fingerprint density at radius 1 is 0.680 bits per heavy atom. The summed E-state index contributed by atoms with van der Waals surface area (Å²) in [7, 11) is 0.188. The average Bonchev–Trinajstić information content (AvgIpc) is 2.46. The Labute approximate surface area is 179 Å². The third kappa shape index (κ3) is 22.8. The van der Waals surface area contributed by atoms with Crippen LogP contribution in [0.15, 0.2) is 0 Å². The van der Waals surface area contributed by atoms with Gasteiger partial charge in [-0.1, -0.05) is 71.1 Å². The standard InChI is InChI=1S/C19H41NO3S.Na/c1-4-5-6-7-8-9-10-11-12-13-14-15-17-20(2,3)18-16-19-24(21,22)23;/h4-19H2,1-3H3;/q;+1. The van der Waals surface area contributed by atoms with E-state index in [0.29, 0.717) is 6.42 Å². The maximum atomic E-state index is 10.6. The van der Waals surface area contributed by atoms with Crippen LogP contribution in [0.3, 0.4) is 0 Å². The molecule has 6 heteroatoms. The molecular formula is C19H41NNaO3S+. The van der Waals surface area contributed by atoms with Crippen LogP contribution in [-0.4, -0.2) is 50.4 Å². The van der Waals surface area contributed by atoms with Gasteiger partial charge in [-0.3, -0.25) is 0 Å². The van der Waals surface area contributed by atoms with Crippen LogP contribution < -0.4 is 29.6 Å². The van der Waals surface area contributed by atoms with Crippen molar-refractivity contribution in [3.05, 3.63) is 0 Å². The molecule has 0 aliphatic heterocycles. The number of hydrogen-bond acceptors (Lipinski definition) is 3. The van der Waals surface area contributed by atoms with Gasteiger partial charge in [0.15, 0.2) is 0 Å². The molecule has 0 heterocycles. The van der Waals surface area contributed by atoms with Crippen LogP contribution in [0, 0.1) is 0 Å². The zero-order valence-electron chi connectivity index (χ0n) is 17.4. The fraction of sp³-hybridized carbons (Fsp3) is 1.00. The summed E-state index contributed by atoms with van der Waals surface area (Å²) in [6.07, 6.45) is 16.7. The topological polar surface area (TPSA) is 57.2 Å². The third-order valence-corrected chi connectivity index (χ3v) is 5.56. The summed E-state index contributed by atoms with van der Waals surface area (Å²) in [5.74, 6) is -0.229. The zero-order valence-corrected chi connectivity index (χ0v) is 20.2. The summed E-state index contributed by atoms with van der Waals surface area (Å²) < 4.78 is 32.7. The van der Waals surface area contributed by atoms with E-state index in [0.717, 1.165) is 17.6 Å². The summed E-state index contributed by atoms with van der Waals surface area (Å²) in [6.45, 7) is 4.09. The summed E-state index contributed by atoms with van der Waals surface area (Å²) in [5.41, 5.74) is 0. The molecule has 146 valence electrons. The van der Waals surface area contributed by atoms with Gasteiger partial charge in [0.1, 0.15) is 0 Å². The first kappa shape index (κ1) is 28.1. The van der Waals surface area contributed by atoms with Crippen LogP contribution in [0.4, 0.5) is 0 Å². The van der Waals surface area contributed by atoms with Crippen molar-refractivity contribution in [3.8, 4) is 0 Å². The molecule has 0 rings (SSSR count). The first-order chi connectivity index (χ1) is 11.3. The maximum absolute atomic E-state index is 10.6. The molecule has 0 aliphatic rings. The molecule has 0 bridgehead atoms. The van der Waals surface area contributed by atoms with Gasteiger partial charge in [0.05, 0.1) is 37.3 Å². The van der Waals surface area contributed by atoms with Crippen molar-refractivity contribution in [2.24, 2.45) is 0 Å². The minimum atomic E-state index is -4.05. The van der Waals surface area contributed by atoms with E-state index in [1.165, 1.54) is 77.0 Å². The Morgan fingerprint density at radius 2 is 1.04 bits per heavy atom. The summed E-state index contributed by atoms with van der Waals surface area (Å²) in [6, 6.07) is 0. The first-order valence-corrected chi connectivity index (χ1v) is 11.6. The van der Waals surface area contributed by atoms with Crippen molar-refractivity contribution in [2.75, 3.05) is 32.9 Å². The first-order valence-electron chi connectivity index (χ1n) is 10.0. The van der Waals surface area contributed by atoms with Gasteiger partial charge in [0.25, 0.3) is 0 Å². The molecule has 0 aromatic rings. The second-order valence-electron chi connectivity index (χ2n) is 7.89. The van der Waals surface area contributed by atoms with Crippen LogP contribution >= 0.6 is 0 Å². The summed E-state index contributed by atoms with van der Waals surface area (Å²) in [4.78, 5) is 0. The van der Waals surface area contributed by atoms with E-state index in [4.69, 9.17) is 0 Å². The van der Waals surface area contributed by atoms with E-state index in [2.05, 4.69) is 21.0 Å². The van der Waals surface area contributed by atoms with Gasteiger partial charge in [0.2, 0.25) is 0 Å². The smallest absolute Gasteiger partial charge is 0.748 e. The Bertz CT molecular complexity index is 386. The minimum absolute atomic E-state index is 0. The fourth-order valence-corrected chi connectivity index (χ4v) is 3.64. The van der Waals surface area contributed by atoms with Crippen LogP contribution in [0.5, 0.6) is 0 Å². The number of unbranched alkanes of at least 4 members (excludes halogenated alkanes) is 11. The molecule has 25 heavy (non-hydrogen) atoms. The normalized spacial score (nSPS) is 12.2. The molecule has 0 fully saturated rings. The predicted octanol–water partition coefficient (Wildman–Crippen LogP) is 1.70. The van der Waals surface area contributed by atoms with Gasteiger partial charge in [-0.15, -0.1) is 0 Å². The van der Waals surface area contributed by atoms with Gasteiger partial charge < -0.3 is 9.04 Å². The van der Waals surface area contributed by atoms with Gasteiger partial charge in [-0.05, 0) is 12.8 Å². The second kappa shape index (κ2) is 17.0. The molecule has 0 saturated carbocycles.